The molecule has 5 nitrogen and oxygen atoms in total. The molecule has 0 aromatic carbocycles. The maximum atomic E-state index is 11.9. The van der Waals surface area contributed by atoms with Gasteiger partial charge in [-0.3, -0.25) is 4.79 Å². The minimum Gasteiger partial charge on any atom is -0.344 e. The van der Waals surface area contributed by atoms with Gasteiger partial charge in [-0.2, -0.15) is 0 Å². The minimum atomic E-state index is -0.0838. The lowest BCUT2D eigenvalue weighted by Gasteiger charge is -2.04. The molecule has 0 aliphatic rings. The summed E-state index contributed by atoms with van der Waals surface area (Å²) in [5, 5.41) is 10.6. The lowest BCUT2D eigenvalue weighted by atomic mass is 10.3. The standard InChI is InChI=1S/C11H13BrN4OS/c1-3-16-6-14-15-9(16)5-13-11(17)8-4-7(2)10(12)18-8/h4,6H,3,5H2,1-2H3,(H,13,17). The predicted octanol–water partition coefficient (Wildman–Crippen LogP) is 2.36. The fourth-order valence-electron chi connectivity index (χ4n) is 1.50. The Bertz CT molecular complexity index is 544. The second-order valence-electron chi connectivity index (χ2n) is 3.78. The highest BCUT2D eigenvalue weighted by Gasteiger charge is 2.12. The second kappa shape index (κ2) is 5.62. The van der Waals surface area contributed by atoms with Crippen LogP contribution in [-0.2, 0) is 13.1 Å². The van der Waals surface area contributed by atoms with Gasteiger partial charge in [0.15, 0.2) is 5.82 Å². The maximum Gasteiger partial charge on any atom is 0.261 e. The molecule has 0 unspecified atom stereocenters. The number of rotatable bonds is 4. The summed E-state index contributed by atoms with van der Waals surface area (Å²) in [6, 6.07) is 1.87. The molecular formula is C11H13BrN4OS. The summed E-state index contributed by atoms with van der Waals surface area (Å²) in [5.41, 5.74) is 1.07. The van der Waals surface area contributed by atoms with E-state index in [9.17, 15) is 4.79 Å². The van der Waals surface area contributed by atoms with E-state index >= 15 is 0 Å². The van der Waals surface area contributed by atoms with Crippen molar-refractivity contribution in [1.29, 1.82) is 0 Å². The molecule has 0 fully saturated rings. The average molecular weight is 329 g/mol. The third-order valence-electron chi connectivity index (χ3n) is 2.52. The van der Waals surface area contributed by atoms with Crippen LogP contribution in [0.15, 0.2) is 16.2 Å². The summed E-state index contributed by atoms with van der Waals surface area (Å²) in [5.74, 6) is 0.678. The molecule has 0 bridgehead atoms. The van der Waals surface area contributed by atoms with Crippen LogP contribution in [0.5, 0.6) is 0 Å². The molecule has 2 rings (SSSR count). The van der Waals surface area contributed by atoms with Crippen molar-refractivity contribution in [3.8, 4) is 0 Å². The molecule has 0 saturated heterocycles. The van der Waals surface area contributed by atoms with Crippen LogP contribution in [0.3, 0.4) is 0 Å². The first-order valence-corrected chi connectivity index (χ1v) is 7.13. The Hall–Kier alpha value is -1.21. The Kier molecular flexibility index (Phi) is 4.13. The summed E-state index contributed by atoms with van der Waals surface area (Å²) in [6.07, 6.45) is 1.66. The highest BCUT2D eigenvalue weighted by molar-refractivity contribution is 9.11. The number of carbonyl (C=O) groups excluding carboxylic acids is 1. The Morgan fingerprint density at radius 1 is 1.61 bits per heavy atom. The number of carbonyl (C=O) groups is 1. The summed E-state index contributed by atoms with van der Waals surface area (Å²) in [7, 11) is 0. The number of amides is 1. The number of nitrogens with one attached hydrogen (secondary N) is 1. The SMILES string of the molecule is CCn1cnnc1CNC(=O)c1cc(C)c(Br)s1. The molecule has 0 atom stereocenters. The molecule has 0 radical (unpaired) electrons. The molecular weight excluding hydrogens is 316 g/mol. The molecule has 7 heteroatoms. The molecule has 1 amide bonds. The molecule has 0 saturated carbocycles. The normalized spacial score (nSPS) is 10.6. The zero-order valence-electron chi connectivity index (χ0n) is 10.1. The minimum absolute atomic E-state index is 0.0838. The van der Waals surface area contributed by atoms with Gasteiger partial charge in [0, 0.05) is 6.54 Å². The van der Waals surface area contributed by atoms with Crippen molar-refractivity contribution in [3.63, 3.8) is 0 Å². The number of halogens is 1. The van der Waals surface area contributed by atoms with E-state index in [0.29, 0.717) is 11.4 Å². The highest BCUT2D eigenvalue weighted by Crippen LogP contribution is 2.27. The van der Waals surface area contributed by atoms with Crippen molar-refractivity contribution in [2.45, 2.75) is 26.9 Å². The Balaban J connectivity index is 2.00. The van der Waals surface area contributed by atoms with Crippen molar-refractivity contribution >= 4 is 33.2 Å². The van der Waals surface area contributed by atoms with E-state index < -0.39 is 0 Å². The summed E-state index contributed by atoms with van der Waals surface area (Å²) in [4.78, 5) is 12.6. The molecule has 0 aliphatic carbocycles. The van der Waals surface area contributed by atoms with Crippen molar-refractivity contribution in [2.24, 2.45) is 0 Å². The first kappa shape index (κ1) is 13.2. The van der Waals surface area contributed by atoms with Crippen molar-refractivity contribution < 1.29 is 4.79 Å². The highest BCUT2D eigenvalue weighted by atomic mass is 79.9. The summed E-state index contributed by atoms with van der Waals surface area (Å²) in [6.45, 7) is 5.16. The number of aryl methyl sites for hydroxylation is 2. The van der Waals surface area contributed by atoms with Crippen molar-refractivity contribution in [1.82, 2.24) is 20.1 Å². The molecule has 2 heterocycles. The van der Waals surface area contributed by atoms with Gasteiger partial charge in [-0.1, -0.05) is 0 Å². The maximum absolute atomic E-state index is 11.9. The van der Waals surface area contributed by atoms with Gasteiger partial charge in [0.1, 0.15) is 6.33 Å². The number of aromatic nitrogens is 3. The number of nitrogens with zero attached hydrogens (tertiary/aromatic N) is 3. The van der Waals surface area contributed by atoms with Crippen LogP contribution >= 0.6 is 27.3 Å². The topological polar surface area (TPSA) is 59.8 Å². The summed E-state index contributed by atoms with van der Waals surface area (Å²) >= 11 is 4.84. The van der Waals surface area contributed by atoms with Gasteiger partial charge in [-0.15, -0.1) is 21.5 Å². The quantitative estimate of drug-likeness (QED) is 0.937. The van der Waals surface area contributed by atoms with Gasteiger partial charge >= 0.3 is 0 Å². The van der Waals surface area contributed by atoms with Crippen molar-refractivity contribution in [3.05, 3.63) is 32.4 Å². The van der Waals surface area contributed by atoms with E-state index in [-0.39, 0.29) is 5.91 Å². The van der Waals surface area contributed by atoms with Gasteiger partial charge < -0.3 is 9.88 Å². The van der Waals surface area contributed by atoms with Crippen LogP contribution in [0.4, 0.5) is 0 Å². The van der Waals surface area contributed by atoms with Gasteiger partial charge in [-0.05, 0) is 41.4 Å². The van der Waals surface area contributed by atoms with Crippen LogP contribution in [0.1, 0.15) is 28.0 Å². The Morgan fingerprint density at radius 2 is 2.39 bits per heavy atom. The predicted molar refractivity (Wildman–Crippen MR) is 73.6 cm³/mol. The molecule has 96 valence electrons. The van der Waals surface area contributed by atoms with Gasteiger partial charge in [0.05, 0.1) is 15.2 Å². The second-order valence-corrected chi connectivity index (χ2v) is 6.15. The average Bonchev–Trinajstić information content (AvgIpc) is 2.93. The van der Waals surface area contributed by atoms with Gasteiger partial charge in [0.25, 0.3) is 5.91 Å². The fraction of sp³-hybridized carbons (Fsp3) is 0.364. The van der Waals surface area contributed by atoms with Crippen LogP contribution in [0.25, 0.3) is 0 Å². The van der Waals surface area contributed by atoms with E-state index in [0.717, 1.165) is 21.7 Å². The summed E-state index contributed by atoms with van der Waals surface area (Å²) < 4.78 is 2.89. The van der Waals surface area contributed by atoms with E-state index in [1.165, 1.54) is 11.3 Å². The first-order valence-electron chi connectivity index (χ1n) is 5.52. The van der Waals surface area contributed by atoms with E-state index in [2.05, 4.69) is 31.4 Å². The van der Waals surface area contributed by atoms with E-state index in [4.69, 9.17) is 0 Å². The Morgan fingerprint density at radius 3 is 3.00 bits per heavy atom. The molecule has 2 aromatic rings. The Labute approximate surface area is 117 Å². The monoisotopic (exact) mass is 328 g/mol. The molecule has 0 spiro atoms. The molecule has 1 N–H and O–H groups in total. The fourth-order valence-corrected chi connectivity index (χ4v) is 2.95. The lowest BCUT2D eigenvalue weighted by Crippen LogP contribution is -2.23. The largest absolute Gasteiger partial charge is 0.344 e. The molecule has 0 aliphatic heterocycles. The van der Waals surface area contributed by atoms with Crippen LogP contribution < -0.4 is 5.32 Å². The van der Waals surface area contributed by atoms with Crippen LogP contribution in [0.2, 0.25) is 0 Å². The molecule has 2 aromatic heterocycles. The number of hydrogen-bond acceptors (Lipinski definition) is 4. The lowest BCUT2D eigenvalue weighted by molar-refractivity contribution is 0.0953. The van der Waals surface area contributed by atoms with Gasteiger partial charge in [-0.25, -0.2) is 0 Å². The molecule has 18 heavy (non-hydrogen) atoms. The van der Waals surface area contributed by atoms with Crippen LogP contribution in [-0.4, -0.2) is 20.7 Å². The number of hydrogen-bond donors (Lipinski definition) is 1. The zero-order chi connectivity index (χ0) is 13.1. The first-order chi connectivity index (χ1) is 8.61. The van der Waals surface area contributed by atoms with Crippen LogP contribution in [0, 0.1) is 6.92 Å². The van der Waals surface area contributed by atoms with Crippen molar-refractivity contribution in [2.75, 3.05) is 0 Å². The third-order valence-corrected chi connectivity index (χ3v) is 4.66. The third kappa shape index (κ3) is 2.78. The van der Waals surface area contributed by atoms with E-state index in [1.807, 2.05) is 24.5 Å². The zero-order valence-corrected chi connectivity index (χ0v) is 12.5. The van der Waals surface area contributed by atoms with Gasteiger partial charge in [0.2, 0.25) is 0 Å². The smallest absolute Gasteiger partial charge is 0.261 e. The van der Waals surface area contributed by atoms with E-state index in [1.54, 1.807) is 6.33 Å². The number of thiophene rings is 1.